The molecule has 3 rings (SSSR count). The number of hydrogen-bond donors (Lipinski definition) is 1. The molecule has 18 heavy (non-hydrogen) atoms. The van der Waals surface area contributed by atoms with Crippen LogP contribution >= 0.6 is 0 Å². The van der Waals surface area contributed by atoms with E-state index in [0.717, 1.165) is 29.5 Å². The summed E-state index contributed by atoms with van der Waals surface area (Å²) in [5, 5.41) is 14.1. The molecule has 1 saturated heterocycles. The quantitative estimate of drug-likeness (QED) is 0.871. The highest BCUT2D eigenvalue weighted by atomic mass is 16.3. The van der Waals surface area contributed by atoms with Gasteiger partial charge < -0.3 is 10.0 Å². The van der Waals surface area contributed by atoms with Crippen molar-refractivity contribution in [2.24, 2.45) is 13.0 Å². The molecule has 4 heteroatoms. The van der Waals surface area contributed by atoms with Crippen molar-refractivity contribution >= 4 is 5.82 Å². The number of aromatic nitrogens is 2. The van der Waals surface area contributed by atoms with Crippen molar-refractivity contribution < 1.29 is 5.11 Å². The van der Waals surface area contributed by atoms with E-state index in [1.165, 1.54) is 32.1 Å². The van der Waals surface area contributed by atoms with Crippen molar-refractivity contribution in [2.45, 2.75) is 51.7 Å². The van der Waals surface area contributed by atoms with Crippen molar-refractivity contribution in [3.63, 3.8) is 0 Å². The fraction of sp³-hybridized carbons (Fsp3) is 0.786. The number of aliphatic hydroxyl groups excluding tert-OH is 1. The number of fused-ring (bicyclic) bond motifs is 1. The van der Waals surface area contributed by atoms with E-state index < -0.39 is 0 Å². The Balaban J connectivity index is 1.95. The van der Waals surface area contributed by atoms with Gasteiger partial charge in [0, 0.05) is 25.2 Å². The van der Waals surface area contributed by atoms with Gasteiger partial charge >= 0.3 is 0 Å². The van der Waals surface area contributed by atoms with Crippen LogP contribution in [0.1, 0.15) is 43.4 Å². The lowest BCUT2D eigenvalue weighted by atomic mass is 9.85. The van der Waals surface area contributed by atoms with Crippen molar-refractivity contribution in [1.29, 1.82) is 0 Å². The van der Waals surface area contributed by atoms with Gasteiger partial charge in [0.15, 0.2) is 0 Å². The number of aryl methyl sites for hydroxylation is 2. The maximum absolute atomic E-state index is 9.59. The third-order valence-corrected chi connectivity index (χ3v) is 4.75. The monoisotopic (exact) mass is 249 g/mol. The predicted molar refractivity (Wildman–Crippen MR) is 71.6 cm³/mol. The molecule has 2 aliphatic rings. The van der Waals surface area contributed by atoms with Crippen molar-refractivity contribution in [1.82, 2.24) is 9.78 Å². The molecule has 2 atom stereocenters. The van der Waals surface area contributed by atoms with E-state index >= 15 is 0 Å². The minimum absolute atomic E-state index is 0.100. The largest absolute Gasteiger partial charge is 0.391 e. The summed E-state index contributed by atoms with van der Waals surface area (Å²) in [6, 6.07) is 0.679. The van der Waals surface area contributed by atoms with Crippen molar-refractivity contribution in [2.75, 3.05) is 11.4 Å². The highest BCUT2D eigenvalue weighted by molar-refractivity contribution is 5.52. The summed E-state index contributed by atoms with van der Waals surface area (Å²) in [7, 11) is 2.00. The minimum Gasteiger partial charge on any atom is -0.391 e. The fourth-order valence-electron chi connectivity index (χ4n) is 3.90. The average Bonchev–Trinajstić information content (AvgIpc) is 2.89. The summed E-state index contributed by atoms with van der Waals surface area (Å²) in [6.45, 7) is 3.22. The highest BCUT2D eigenvalue weighted by Crippen LogP contribution is 2.40. The van der Waals surface area contributed by atoms with Crippen molar-refractivity contribution in [3.05, 3.63) is 11.3 Å². The molecule has 0 spiro atoms. The molecule has 1 saturated carbocycles. The van der Waals surface area contributed by atoms with E-state index in [2.05, 4.69) is 10.00 Å². The van der Waals surface area contributed by atoms with E-state index in [1.54, 1.807) is 0 Å². The highest BCUT2D eigenvalue weighted by Gasteiger charge is 2.38. The third-order valence-electron chi connectivity index (χ3n) is 4.75. The predicted octanol–water partition coefficient (Wildman–Crippen LogP) is 1.99. The SMILES string of the molecule is Cc1nn(C)c(N2CCC3CCCCC32)c1CO. The first-order valence-corrected chi connectivity index (χ1v) is 7.12. The first kappa shape index (κ1) is 12.0. The lowest BCUT2D eigenvalue weighted by Crippen LogP contribution is -2.36. The van der Waals surface area contributed by atoms with Crippen LogP contribution < -0.4 is 4.90 Å². The van der Waals surface area contributed by atoms with Gasteiger partial charge in [0.2, 0.25) is 0 Å². The Hall–Kier alpha value is -1.03. The van der Waals surface area contributed by atoms with Crippen LogP contribution in [0.5, 0.6) is 0 Å². The molecule has 2 fully saturated rings. The second-order valence-electron chi connectivity index (χ2n) is 5.76. The van der Waals surface area contributed by atoms with Crippen LogP contribution in [0.3, 0.4) is 0 Å². The Kier molecular flexibility index (Phi) is 3.06. The van der Waals surface area contributed by atoms with Crippen LogP contribution in [0, 0.1) is 12.8 Å². The maximum atomic E-state index is 9.59. The van der Waals surface area contributed by atoms with Crippen LogP contribution in [-0.4, -0.2) is 27.5 Å². The zero-order chi connectivity index (χ0) is 12.7. The Morgan fingerprint density at radius 1 is 1.28 bits per heavy atom. The first-order chi connectivity index (χ1) is 8.72. The normalized spacial score (nSPS) is 27.6. The Labute approximate surface area is 109 Å². The Bertz CT molecular complexity index is 440. The summed E-state index contributed by atoms with van der Waals surface area (Å²) in [4.78, 5) is 2.51. The van der Waals surface area contributed by atoms with Crippen LogP contribution in [0.25, 0.3) is 0 Å². The van der Waals surface area contributed by atoms with Gasteiger partial charge in [-0.15, -0.1) is 0 Å². The number of rotatable bonds is 2. The molecular weight excluding hydrogens is 226 g/mol. The molecule has 2 unspecified atom stereocenters. The first-order valence-electron chi connectivity index (χ1n) is 7.12. The molecule has 0 aromatic carbocycles. The number of nitrogens with zero attached hydrogens (tertiary/aromatic N) is 3. The number of aliphatic hydroxyl groups is 1. The topological polar surface area (TPSA) is 41.3 Å². The summed E-state index contributed by atoms with van der Waals surface area (Å²) in [5.41, 5.74) is 1.98. The van der Waals surface area contributed by atoms with Gasteiger partial charge in [0.1, 0.15) is 5.82 Å². The average molecular weight is 249 g/mol. The lowest BCUT2D eigenvalue weighted by Gasteiger charge is -2.33. The molecule has 0 amide bonds. The van der Waals surface area contributed by atoms with Gasteiger partial charge in [0.05, 0.1) is 12.3 Å². The summed E-state index contributed by atoms with van der Waals surface area (Å²) >= 11 is 0. The van der Waals surface area contributed by atoms with Gasteiger partial charge in [-0.3, -0.25) is 4.68 Å². The summed E-state index contributed by atoms with van der Waals surface area (Å²) in [6.07, 6.45) is 6.74. The molecule has 0 bridgehead atoms. The van der Waals surface area contributed by atoms with Crippen LogP contribution in [0.15, 0.2) is 0 Å². The molecule has 100 valence electrons. The fourth-order valence-corrected chi connectivity index (χ4v) is 3.90. The standard InChI is InChI=1S/C14H23N3O/c1-10-12(9-18)14(16(2)15-10)17-8-7-11-5-3-4-6-13(11)17/h11,13,18H,3-9H2,1-2H3. The maximum Gasteiger partial charge on any atom is 0.132 e. The molecule has 4 nitrogen and oxygen atoms in total. The molecule has 2 heterocycles. The minimum atomic E-state index is 0.100. The van der Waals surface area contributed by atoms with E-state index in [4.69, 9.17) is 0 Å². The van der Waals surface area contributed by atoms with E-state index in [-0.39, 0.29) is 6.61 Å². The zero-order valence-electron chi connectivity index (χ0n) is 11.4. The van der Waals surface area contributed by atoms with Crippen LogP contribution in [-0.2, 0) is 13.7 Å². The molecule has 1 aliphatic heterocycles. The second kappa shape index (κ2) is 4.57. The zero-order valence-corrected chi connectivity index (χ0v) is 11.4. The molecule has 1 aliphatic carbocycles. The molecular formula is C14H23N3O. The van der Waals surface area contributed by atoms with Gasteiger partial charge in [-0.05, 0) is 32.1 Å². The lowest BCUT2D eigenvalue weighted by molar-refractivity contribution is 0.280. The van der Waals surface area contributed by atoms with E-state index in [0.29, 0.717) is 6.04 Å². The summed E-state index contributed by atoms with van der Waals surface area (Å²) in [5.74, 6) is 2.02. The number of anilines is 1. The van der Waals surface area contributed by atoms with Crippen LogP contribution in [0.4, 0.5) is 5.82 Å². The Morgan fingerprint density at radius 3 is 2.83 bits per heavy atom. The molecule has 1 aromatic rings. The number of hydrogen-bond acceptors (Lipinski definition) is 3. The van der Waals surface area contributed by atoms with Gasteiger partial charge in [-0.2, -0.15) is 5.10 Å². The third kappa shape index (κ3) is 1.74. The molecule has 0 radical (unpaired) electrons. The molecule has 1 N–H and O–H groups in total. The van der Waals surface area contributed by atoms with Crippen LogP contribution in [0.2, 0.25) is 0 Å². The van der Waals surface area contributed by atoms with E-state index in [9.17, 15) is 5.11 Å². The van der Waals surface area contributed by atoms with Gasteiger partial charge in [-0.25, -0.2) is 0 Å². The van der Waals surface area contributed by atoms with Gasteiger partial charge in [-0.1, -0.05) is 12.8 Å². The Morgan fingerprint density at radius 2 is 2.06 bits per heavy atom. The second-order valence-corrected chi connectivity index (χ2v) is 5.76. The van der Waals surface area contributed by atoms with Crippen molar-refractivity contribution in [3.8, 4) is 0 Å². The van der Waals surface area contributed by atoms with Gasteiger partial charge in [0.25, 0.3) is 0 Å². The smallest absolute Gasteiger partial charge is 0.132 e. The van der Waals surface area contributed by atoms with E-state index in [1.807, 2.05) is 18.7 Å². The summed E-state index contributed by atoms with van der Waals surface area (Å²) < 4.78 is 1.96. The molecule has 1 aromatic heterocycles.